The minimum atomic E-state index is -4.14. The highest BCUT2D eigenvalue weighted by Gasteiger charge is 2.32. The van der Waals surface area contributed by atoms with Gasteiger partial charge in [-0.15, -0.1) is 0 Å². The van der Waals surface area contributed by atoms with Gasteiger partial charge < -0.3 is 14.8 Å². The lowest BCUT2D eigenvalue weighted by Crippen LogP contribution is -2.32. The van der Waals surface area contributed by atoms with Crippen molar-refractivity contribution in [2.45, 2.75) is 63.5 Å². The second kappa shape index (κ2) is 11.0. The summed E-state index contributed by atoms with van der Waals surface area (Å²) in [4.78, 5) is 23.6. The molecule has 2 aliphatic rings. The van der Waals surface area contributed by atoms with Crippen LogP contribution < -0.4 is 14.8 Å². The van der Waals surface area contributed by atoms with Crippen LogP contribution in [0.2, 0.25) is 0 Å². The van der Waals surface area contributed by atoms with E-state index < -0.39 is 26.5 Å². The van der Waals surface area contributed by atoms with Crippen molar-refractivity contribution in [1.29, 1.82) is 0 Å². The zero-order chi connectivity index (χ0) is 28.6. The Labute approximate surface area is 231 Å². The summed E-state index contributed by atoms with van der Waals surface area (Å²) in [6, 6.07) is 8.78. The summed E-state index contributed by atoms with van der Waals surface area (Å²) in [6.45, 7) is 6.50. The number of carbonyl (C=O) groups is 1. The van der Waals surface area contributed by atoms with Gasteiger partial charge in [-0.1, -0.05) is 12.1 Å². The van der Waals surface area contributed by atoms with Crippen molar-refractivity contribution in [3.8, 4) is 17.3 Å². The molecule has 2 heterocycles. The van der Waals surface area contributed by atoms with Gasteiger partial charge in [0.25, 0.3) is 11.6 Å². The second-order valence-corrected chi connectivity index (χ2v) is 11.8. The largest absolute Gasteiger partial charge is 0.437 e. The van der Waals surface area contributed by atoms with Crippen molar-refractivity contribution in [3.63, 3.8) is 0 Å². The zero-order valence-corrected chi connectivity index (χ0v) is 23.3. The van der Waals surface area contributed by atoms with E-state index in [2.05, 4.69) is 15.1 Å². The Morgan fingerprint density at radius 2 is 1.95 bits per heavy atom. The summed E-state index contributed by atoms with van der Waals surface area (Å²) < 4.78 is 42.3. The number of nitrogens with zero attached hydrogens (tertiary/aromatic N) is 3. The van der Waals surface area contributed by atoms with Crippen molar-refractivity contribution in [1.82, 2.24) is 19.8 Å². The third-order valence-electron chi connectivity index (χ3n) is 7.14. The van der Waals surface area contributed by atoms with Gasteiger partial charge in [-0.25, -0.2) is 13.1 Å². The number of hydrogen-bond donors (Lipinski definition) is 2. The summed E-state index contributed by atoms with van der Waals surface area (Å²) >= 11 is 0. The molecule has 1 aliphatic heterocycles. The smallest absolute Gasteiger partial charge is 0.272 e. The Morgan fingerprint density at radius 3 is 2.62 bits per heavy atom. The van der Waals surface area contributed by atoms with Crippen LogP contribution in [0.5, 0.6) is 11.6 Å². The molecule has 1 atom stereocenters. The van der Waals surface area contributed by atoms with Gasteiger partial charge in [-0.05, 0) is 69.7 Å². The van der Waals surface area contributed by atoms with Crippen molar-refractivity contribution in [2.24, 2.45) is 0 Å². The van der Waals surface area contributed by atoms with E-state index in [1.807, 2.05) is 32.0 Å². The molecule has 3 aromatic rings. The number of nitro groups is 1. The number of carbonyl (C=O) groups excluding carboxylic acids is 1. The number of ether oxygens (including phenoxy) is 2. The lowest BCUT2D eigenvalue weighted by Gasteiger charge is -2.15. The molecule has 0 spiro atoms. The highest BCUT2D eigenvalue weighted by Crippen LogP contribution is 2.37. The fourth-order valence-electron chi connectivity index (χ4n) is 4.53. The third-order valence-corrected chi connectivity index (χ3v) is 8.68. The van der Waals surface area contributed by atoms with Gasteiger partial charge in [-0.2, -0.15) is 9.78 Å². The minimum Gasteiger partial charge on any atom is -0.437 e. The fourth-order valence-corrected chi connectivity index (χ4v) is 5.98. The maximum atomic E-state index is 13.2. The number of benzene rings is 2. The molecule has 1 aliphatic carbocycles. The van der Waals surface area contributed by atoms with E-state index in [1.54, 1.807) is 6.92 Å². The Balaban J connectivity index is 1.58. The van der Waals surface area contributed by atoms with Crippen LogP contribution in [0.4, 0.5) is 5.69 Å². The summed E-state index contributed by atoms with van der Waals surface area (Å²) in [7, 11) is -4.14. The number of rotatable bonds is 10. The Hall–Kier alpha value is -3.81. The molecule has 13 heteroatoms. The molecule has 1 amide bonds. The first-order valence-electron chi connectivity index (χ1n) is 13.1. The van der Waals surface area contributed by atoms with E-state index in [0.717, 1.165) is 30.0 Å². The lowest BCUT2D eigenvalue weighted by atomic mass is 10.1. The molecule has 2 N–H and O–H groups in total. The van der Waals surface area contributed by atoms with Gasteiger partial charge in [0, 0.05) is 36.9 Å². The highest BCUT2D eigenvalue weighted by atomic mass is 32.2. The third kappa shape index (κ3) is 5.71. The summed E-state index contributed by atoms with van der Waals surface area (Å²) in [5.41, 5.74) is 2.59. The van der Waals surface area contributed by atoms with Gasteiger partial charge in [0.15, 0.2) is 5.69 Å². The highest BCUT2D eigenvalue weighted by molar-refractivity contribution is 7.89. The van der Waals surface area contributed by atoms with Crippen LogP contribution in [0.15, 0.2) is 41.3 Å². The number of aromatic nitrogens is 2. The molecule has 1 saturated carbocycles. The molecule has 0 radical (unpaired) electrons. The summed E-state index contributed by atoms with van der Waals surface area (Å²) in [6.07, 6.45) is 3.11. The molecule has 1 saturated heterocycles. The molecule has 1 aromatic heterocycles. The van der Waals surface area contributed by atoms with E-state index in [9.17, 15) is 23.3 Å². The molecule has 12 nitrogen and oxygen atoms in total. The monoisotopic (exact) mass is 569 g/mol. The lowest BCUT2D eigenvalue weighted by molar-refractivity contribution is -0.385. The number of sulfonamides is 1. The van der Waals surface area contributed by atoms with Crippen molar-refractivity contribution < 1.29 is 27.6 Å². The van der Waals surface area contributed by atoms with E-state index in [-0.39, 0.29) is 34.4 Å². The number of non-ortho nitro benzene ring substituents is 1. The molecule has 0 bridgehead atoms. The van der Waals surface area contributed by atoms with Crippen LogP contribution in [-0.4, -0.2) is 54.3 Å². The number of hydrogen-bond acceptors (Lipinski definition) is 8. The van der Waals surface area contributed by atoms with Crippen LogP contribution in [0, 0.1) is 30.9 Å². The van der Waals surface area contributed by atoms with Crippen molar-refractivity contribution in [3.05, 3.63) is 68.9 Å². The molecule has 5 rings (SSSR count). The topological polar surface area (TPSA) is 155 Å². The fraction of sp³-hybridized carbons (Fsp3) is 0.407. The Bertz CT molecular complexity index is 1570. The van der Waals surface area contributed by atoms with Gasteiger partial charge in [0.2, 0.25) is 15.9 Å². The molecule has 2 fully saturated rings. The van der Waals surface area contributed by atoms with Crippen LogP contribution >= 0.6 is 0 Å². The van der Waals surface area contributed by atoms with Crippen molar-refractivity contribution in [2.75, 3.05) is 13.2 Å². The van der Waals surface area contributed by atoms with Gasteiger partial charge in [-0.3, -0.25) is 14.9 Å². The standard InChI is InChI=1S/C27H31N5O7S/c1-16-6-4-8-22(17(16)2)31-27(18(3)25(29-31)26(33)28-15-21-7-5-13-38-21)39-23-12-11-20(32(34)35)14-24(23)40(36,37)30-19-9-10-19/h4,6,8,11-12,14,19,21,30H,5,7,9-10,13,15H2,1-3H3,(H,28,33). The normalized spacial score (nSPS) is 17.1. The van der Waals surface area contributed by atoms with Gasteiger partial charge >= 0.3 is 0 Å². The summed E-state index contributed by atoms with van der Waals surface area (Å²) in [5.74, 6) is -0.429. The van der Waals surface area contributed by atoms with Crippen LogP contribution in [-0.2, 0) is 14.8 Å². The average molecular weight is 570 g/mol. The van der Waals surface area contributed by atoms with Gasteiger partial charge in [0.1, 0.15) is 10.6 Å². The Morgan fingerprint density at radius 1 is 1.18 bits per heavy atom. The average Bonchev–Trinajstić information content (AvgIpc) is 3.44. The zero-order valence-electron chi connectivity index (χ0n) is 22.5. The molecular weight excluding hydrogens is 538 g/mol. The van der Waals surface area contributed by atoms with E-state index >= 15 is 0 Å². The maximum Gasteiger partial charge on any atom is 0.272 e. The molecule has 1 unspecified atom stereocenters. The number of aryl methyl sites for hydroxylation is 1. The first-order chi connectivity index (χ1) is 19.0. The molecule has 40 heavy (non-hydrogen) atoms. The number of nitrogens with one attached hydrogen (secondary N) is 2. The number of nitro benzene ring substituents is 1. The van der Waals surface area contributed by atoms with Crippen LogP contribution in [0.25, 0.3) is 5.69 Å². The molecular formula is C27H31N5O7S. The minimum absolute atomic E-state index is 0.0621. The summed E-state index contributed by atoms with van der Waals surface area (Å²) in [5, 5.41) is 18.9. The first kappa shape index (κ1) is 27.7. The first-order valence-corrected chi connectivity index (χ1v) is 14.6. The maximum absolute atomic E-state index is 13.2. The quantitative estimate of drug-likeness (QED) is 0.276. The molecule has 2 aromatic carbocycles. The van der Waals surface area contributed by atoms with E-state index in [1.165, 1.54) is 16.8 Å². The predicted octanol–water partition coefficient (Wildman–Crippen LogP) is 3.85. The second-order valence-electron chi connectivity index (χ2n) is 10.1. The predicted molar refractivity (Wildman–Crippen MR) is 146 cm³/mol. The SMILES string of the molecule is Cc1cccc(-n2nc(C(=O)NCC3CCCO3)c(C)c2Oc2ccc([N+](=O)[O-])cc2S(=O)(=O)NC2CC2)c1C. The van der Waals surface area contributed by atoms with E-state index in [4.69, 9.17) is 9.47 Å². The van der Waals surface area contributed by atoms with Gasteiger partial charge in [0.05, 0.1) is 16.7 Å². The van der Waals surface area contributed by atoms with Crippen molar-refractivity contribution >= 4 is 21.6 Å². The Kier molecular flexibility index (Phi) is 7.62. The van der Waals surface area contributed by atoms with Crippen LogP contribution in [0.1, 0.15) is 52.9 Å². The van der Waals surface area contributed by atoms with Crippen LogP contribution in [0.3, 0.4) is 0 Å². The molecule has 212 valence electrons. The number of amides is 1. The van der Waals surface area contributed by atoms with E-state index in [0.29, 0.717) is 37.2 Å².